The van der Waals surface area contributed by atoms with Crippen LogP contribution >= 0.6 is 43.6 Å². The molecule has 2 N–H and O–H groups in total. The number of aromatic amines is 1. The summed E-state index contributed by atoms with van der Waals surface area (Å²) in [6.45, 7) is 3.68. The number of aryl methyl sites for hydroxylation is 1. The number of nitrogens with one attached hydrogen (secondary N) is 1. The smallest absolute Gasteiger partial charge is 0.380 e. The van der Waals surface area contributed by atoms with Crippen molar-refractivity contribution in [2.75, 3.05) is 12.7 Å². The fraction of sp³-hybridized carbons (Fsp3) is 0.522. The number of hydrogen-bond acceptors (Lipinski definition) is 9. The summed E-state index contributed by atoms with van der Waals surface area (Å²) in [5, 5.41) is 9.69. The molecule has 2 heterocycles. The van der Waals surface area contributed by atoms with Crippen molar-refractivity contribution >= 4 is 49.6 Å². The summed E-state index contributed by atoms with van der Waals surface area (Å²) >= 11 is 16.9. The maximum atomic E-state index is 13.9. The third-order valence-electron chi connectivity index (χ3n) is 5.16. The first-order chi connectivity index (χ1) is 17.6. The number of carbonyl (C=O) groups is 1. The lowest BCUT2D eigenvalue weighted by Gasteiger charge is -2.24. The molecule has 0 spiro atoms. The molecule has 1 aromatic carbocycles. The van der Waals surface area contributed by atoms with Crippen molar-refractivity contribution in [2.45, 2.75) is 57.6 Å². The average Bonchev–Trinajstić information content (AvgIpc) is 3.11. The number of H-pyrrole nitrogens is 1. The first kappa shape index (κ1) is 26.0. The van der Waals surface area contributed by atoms with E-state index >= 15 is 0 Å². The molecule has 9 nitrogen and oxygen atoms in total. The summed E-state index contributed by atoms with van der Waals surface area (Å²) < 4.78 is 55.2. The molecule has 0 radical (unpaired) electrons. The Morgan fingerprint density at radius 3 is 2.64 bits per heavy atom. The number of ether oxygens (including phenoxy) is 2. The summed E-state index contributed by atoms with van der Waals surface area (Å²) in [6.07, 6.45) is -3.70. The molecule has 0 aliphatic carbocycles. The van der Waals surface area contributed by atoms with Crippen LogP contribution in [-0.4, -0.2) is 57.0 Å². The molecule has 2 aromatic rings. The number of benzene rings is 1. The minimum absolute atomic E-state index is 0.137. The van der Waals surface area contributed by atoms with E-state index in [4.69, 9.17) is 57.3 Å². The molecule has 36 heavy (non-hydrogen) atoms. The zero-order valence-corrected chi connectivity index (χ0v) is 23.4. The Hall–Kier alpha value is -1.59. The molecular formula is C23H30ClN2O7PS2. The lowest BCUT2D eigenvalue weighted by atomic mass is 10.2. The van der Waals surface area contributed by atoms with Crippen molar-refractivity contribution in [1.82, 2.24) is 9.55 Å². The first-order valence-electron chi connectivity index (χ1n) is 12.2. The average molecular weight is 579 g/mol. The second-order valence-corrected chi connectivity index (χ2v) is 11.9. The molecule has 3 rings (SSSR count). The zero-order valence-electron chi connectivity index (χ0n) is 22.1. The van der Waals surface area contributed by atoms with Crippen LogP contribution in [0.2, 0.25) is 0 Å². The number of carbonyl (C=O) groups excluding carboxylic acids is 1. The SMILES string of the molecule is [2H]C([2H])(OP(=O)(C[C@@H](C)C(=O)OC(C)C)Oc1ccccc1)[C@@H]1O[C@H](n2cc(C)c(=S)[nH]c2=S)[C@H](Cl)C1O. The number of nitrogens with zero attached hydrogens (tertiary/aromatic N) is 1. The number of hydrogen-bond donors (Lipinski definition) is 2. The minimum Gasteiger partial charge on any atom is -0.463 e. The molecule has 1 fully saturated rings. The van der Waals surface area contributed by atoms with Gasteiger partial charge in [0.25, 0.3) is 0 Å². The molecule has 1 aliphatic heterocycles. The van der Waals surface area contributed by atoms with Gasteiger partial charge in [-0.25, -0.2) is 4.57 Å². The van der Waals surface area contributed by atoms with Crippen LogP contribution in [0.15, 0.2) is 36.5 Å². The highest BCUT2D eigenvalue weighted by Crippen LogP contribution is 2.51. The largest absolute Gasteiger partial charge is 0.463 e. The lowest BCUT2D eigenvalue weighted by Crippen LogP contribution is -2.31. The van der Waals surface area contributed by atoms with Crippen LogP contribution in [0.25, 0.3) is 0 Å². The summed E-state index contributed by atoms with van der Waals surface area (Å²) in [6, 6.07) is 8.00. The number of alkyl halides is 1. The standard InChI is InChI=1S/C23H30ClN2O7PS2/c1-13(2)31-22(28)15(4)12-34(29,33-16-8-6-5-7-9-16)30-11-17-19(27)18(24)21(32-17)26-10-14(3)20(35)25-23(26)36/h5-10,13,15,17-19,21,27H,11-12H2,1-4H3,(H,25,35,36)/t15-,17+,18-,19?,21+,34?/m1/s1/i11D2. The molecule has 13 heteroatoms. The van der Waals surface area contributed by atoms with Crippen LogP contribution in [0, 0.1) is 22.3 Å². The second kappa shape index (κ2) is 12.3. The van der Waals surface area contributed by atoms with Crippen LogP contribution in [0.4, 0.5) is 0 Å². The van der Waals surface area contributed by atoms with Crippen molar-refractivity contribution in [3.8, 4) is 5.75 Å². The van der Waals surface area contributed by atoms with Crippen LogP contribution in [0.1, 0.15) is 35.3 Å². The lowest BCUT2D eigenvalue weighted by molar-refractivity contribution is -0.151. The molecule has 0 saturated carbocycles. The van der Waals surface area contributed by atoms with Gasteiger partial charge in [-0.2, -0.15) is 0 Å². The Labute approximate surface area is 228 Å². The zero-order chi connectivity index (χ0) is 28.4. The van der Waals surface area contributed by atoms with Gasteiger partial charge >= 0.3 is 13.6 Å². The van der Waals surface area contributed by atoms with Crippen molar-refractivity contribution in [3.05, 3.63) is 51.5 Å². The maximum absolute atomic E-state index is 13.9. The van der Waals surface area contributed by atoms with Gasteiger partial charge in [-0.1, -0.05) is 37.3 Å². The fourth-order valence-corrected chi connectivity index (χ4v) is 5.86. The van der Waals surface area contributed by atoms with Crippen LogP contribution in [-0.2, 0) is 23.4 Å². The van der Waals surface area contributed by atoms with Crippen molar-refractivity contribution in [2.24, 2.45) is 5.92 Å². The number of halogens is 1. The predicted molar refractivity (Wildman–Crippen MR) is 141 cm³/mol. The van der Waals surface area contributed by atoms with E-state index in [0.717, 1.165) is 0 Å². The van der Waals surface area contributed by atoms with E-state index in [-0.39, 0.29) is 10.5 Å². The van der Waals surface area contributed by atoms with Crippen molar-refractivity contribution < 1.29 is 35.7 Å². The third kappa shape index (κ3) is 7.25. The highest BCUT2D eigenvalue weighted by molar-refractivity contribution is 7.72. The summed E-state index contributed by atoms with van der Waals surface area (Å²) in [5.74, 6) is -1.47. The Bertz CT molecular complexity index is 1310. The number of aliphatic hydroxyl groups excluding tert-OH is 1. The van der Waals surface area contributed by atoms with E-state index in [0.29, 0.717) is 10.2 Å². The minimum atomic E-state index is -4.39. The highest BCUT2D eigenvalue weighted by Gasteiger charge is 2.45. The van der Waals surface area contributed by atoms with Gasteiger partial charge in [0.05, 0.1) is 27.5 Å². The molecular weight excluding hydrogens is 547 g/mol. The van der Waals surface area contributed by atoms with E-state index in [1.807, 2.05) is 0 Å². The Morgan fingerprint density at radius 1 is 1.33 bits per heavy atom. The number of rotatable bonds is 10. The number of aromatic nitrogens is 2. The summed E-state index contributed by atoms with van der Waals surface area (Å²) in [5.41, 5.74) is 0.654. The molecule has 1 aliphatic rings. The highest BCUT2D eigenvalue weighted by atomic mass is 35.5. The predicted octanol–water partition coefficient (Wildman–Crippen LogP) is 5.33. The topological polar surface area (TPSA) is 112 Å². The van der Waals surface area contributed by atoms with Crippen LogP contribution in [0.5, 0.6) is 5.75 Å². The fourth-order valence-electron chi connectivity index (χ4n) is 3.36. The van der Waals surface area contributed by atoms with E-state index in [1.165, 1.54) is 23.6 Å². The van der Waals surface area contributed by atoms with Gasteiger partial charge in [0, 0.05) is 11.8 Å². The van der Waals surface area contributed by atoms with E-state index in [1.54, 1.807) is 45.2 Å². The van der Waals surface area contributed by atoms with Crippen molar-refractivity contribution in [3.63, 3.8) is 0 Å². The van der Waals surface area contributed by atoms with Gasteiger partial charge in [0.1, 0.15) is 28.0 Å². The molecule has 198 valence electrons. The molecule has 0 amide bonds. The normalized spacial score (nSPS) is 25.5. The summed E-state index contributed by atoms with van der Waals surface area (Å²) in [7, 11) is -4.39. The van der Waals surface area contributed by atoms with E-state index in [9.17, 15) is 14.5 Å². The van der Waals surface area contributed by atoms with Gasteiger partial charge in [0.15, 0.2) is 11.0 Å². The molecule has 2 unspecified atom stereocenters. The quantitative estimate of drug-likeness (QED) is 0.167. The number of esters is 1. The van der Waals surface area contributed by atoms with Crippen molar-refractivity contribution in [1.29, 1.82) is 0 Å². The first-order valence-corrected chi connectivity index (χ1v) is 14.2. The van der Waals surface area contributed by atoms with Gasteiger partial charge in [-0.05, 0) is 45.1 Å². The molecule has 6 atom stereocenters. The van der Waals surface area contributed by atoms with Crippen LogP contribution in [0.3, 0.4) is 0 Å². The maximum Gasteiger partial charge on any atom is 0.380 e. The van der Waals surface area contributed by atoms with E-state index in [2.05, 4.69) is 4.98 Å². The molecule has 0 bridgehead atoms. The molecule has 1 aromatic heterocycles. The monoisotopic (exact) mass is 578 g/mol. The Morgan fingerprint density at radius 2 is 2.00 bits per heavy atom. The van der Waals surface area contributed by atoms with Gasteiger partial charge < -0.3 is 24.1 Å². The Balaban J connectivity index is 1.90. The number of para-hydroxylation sites is 1. The van der Waals surface area contributed by atoms with Gasteiger partial charge in [-0.15, -0.1) is 11.6 Å². The second-order valence-electron chi connectivity index (χ2n) is 8.65. The van der Waals surface area contributed by atoms with Gasteiger partial charge in [0.2, 0.25) is 0 Å². The van der Waals surface area contributed by atoms with E-state index < -0.39 is 62.1 Å². The number of aliphatic hydroxyl groups is 1. The third-order valence-corrected chi connectivity index (χ3v) is 8.24. The van der Waals surface area contributed by atoms with Gasteiger partial charge in [-0.3, -0.25) is 13.9 Å². The van der Waals surface area contributed by atoms with Crippen LogP contribution < -0.4 is 4.52 Å². The molecule has 1 saturated heterocycles. The Kier molecular flexibility index (Phi) is 8.90. The summed E-state index contributed by atoms with van der Waals surface area (Å²) in [4.78, 5) is 15.3.